The van der Waals surface area contributed by atoms with Crippen LogP contribution in [-0.2, 0) is 19.9 Å². The molecular formula is C13H17Cl2N5. The van der Waals surface area contributed by atoms with Crippen LogP contribution in [0.1, 0.15) is 30.0 Å². The molecule has 0 saturated heterocycles. The van der Waals surface area contributed by atoms with Gasteiger partial charge in [0, 0.05) is 19.7 Å². The number of aryl methyl sites for hydroxylation is 2. The smallest absolute Gasteiger partial charge is 0.0850 e. The largest absolute Gasteiger partial charge is 0.271 e. The van der Waals surface area contributed by atoms with E-state index in [9.17, 15) is 0 Å². The van der Waals surface area contributed by atoms with Gasteiger partial charge >= 0.3 is 0 Å². The zero-order valence-electron chi connectivity index (χ0n) is 11.4. The molecule has 0 amide bonds. The zero-order chi connectivity index (χ0) is 14.7. The lowest BCUT2D eigenvalue weighted by atomic mass is 10.1. The SMILES string of the molecule is CCc1nn(C)c(CC(NN)c2ccc(Cl)cn2)c1Cl. The lowest BCUT2D eigenvalue weighted by Crippen LogP contribution is -2.30. The number of hydrazine groups is 1. The van der Waals surface area contributed by atoms with E-state index in [0.717, 1.165) is 23.5 Å². The molecule has 0 aromatic carbocycles. The van der Waals surface area contributed by atoms with Crippen LogP contribution in [0.2, 0.25) is 10.0 Å². The Hall–Kier alpha value is -1.14. The molecule has 108 valence electrons. The van der Waals surface area contributed by atoms with Gasteiger partial charge in [0.2, 0.25) is 0 Å². The summed E-state index contributed by atoms with van der Waals surface area (Å²) >= 11 is 12.2. The molecule has 2 aromatic heterocycles. The minimum atomic E-state index is -0.148. The molecule has 0 aliphatic carbocycles. The van der Waals surface area contributed by atoms with Gasteiger partial charge in [0.15, 0.2) is 0 Å². The average Bonchev–Trinajstić information content (AvgIpc) is 2.72. The average molecular weight is 314 g/mol. The second kappa shape index (κ2) is 6.54. The number of nitrogens with one attached hydrogen (secondary N) is 1. The van der Waals surface area contributed by atoms with Gasteiger partial charge in [-0.1, -0.05) is 30.1 Å². The third-order valence-electron chi connectivity index (χ3n) is 3.21. The Labute approximate surface area is 128 Å². The highest BCUT2D eigenvalue weighted by atomic mass is 35.5. The third-order valence-corrected chi connectivity index (χ3v) is 3.87. The first-order valence-corrected chi connectivity index (χ1v) is 7.10. The summed E-state index contributed by atoms with van der Waals surface area (Å²) in [5, 5.41) is 5.69. The van der Waals surface area contributed by atoms with Crippen LogP contribution in [0.15, 0.2) is 18.3 Å². The van der Waals surface area contributed by atoms with Gasteiger partial charge in [-0.25, -0.2) is 0 Å². The molecule has 5 nitrogen and oxygen atoms in total. The van der Waals surface area contributed by atoms with Crippen LogP contribution in [0.5, 0.6) is 0 Å². The molecule has 20 heavy (non-hydrogen) atoms. The highest BCUT2D eigenvalue weighted by Crippen LogP contribution is 2.25. The fourth-order valence-corrected chi connectivity index (χ4v) is 2.56. The lowest BCUT2D eigenvalue weighted by molar-refractivity contribution is 0.518. The Kier molecular flexibility index (Phi) is 4.99. The highest BCUT2D eigenvalue weighted by Gasteiger charge is 2.19. The molecule has 0 bridgehead atoms. The molecule has 1 atom stereocenters. The molecule has 0 fully saturated rings. The lowest BCUT2D eigenvalue weighted by Gasteiger charge is -2.15. The maximum atomic E-state index is 6.35. The van der Waals surface area contributed by atoms with Gasteiger partial charge in [-0.3, -0.25) is 20.9 Å². The number of hydrogen-bond donors (Lipinski definition) is 2. The van der Waals surface area contributed by atoms with E-state index in [1.165, 1.54) is 0 Å². The predicted octanol–water partition coefficient (Wildman–Crippen LogP) is 2.43. The van der Waals surface area contributed by atoms with Crippen LogP contribution in [0.4, 0.5) is 0 Å². The quantitative estimate of drug-likeness (QED) is 0.657. The van der Waals surface area contributed by atoms with Crippen LogP contribution < -0.4 is 11.3 Å². The van der Waals surface area contributed by atoms with Crippen molar-refractivity contribution in [2.75, 3.05) is 0 Å². The van der Waals surface area contributed by atoms with E-state index in [4.69, 9.17) is 29.0 Å². The van der Waals surface area contributed by atoms with Crippen molar-refractivity contribution in [2.24, 2.45) is 12.9 Å². The van der Waals surface area contributed by atoms with Crippen LogP contribution in [-0.4, -0.2) is 14.8 Å². The summed E-state index contributed by atoms with van der Waals surface area (Å²) in [5.41, 5.74) is 5.40. The molecule has 0 radical (unpaired) electrons. The molecule has 1 unspecified atom stereocenters. The summed E-state index contributed by atoms with van der Waals surface area (Å²) in [5.74, 6) is 5.63. The standard InChI is InChI=1S/C13H17Cl2N5/c1-3-9-13(15)12(20(2)19-9)6-11(18-16)10-5-4-8(14)7-17-10/h4-5,7,11,18H,3,6,16H2,1-2H3. The van der Waals surface area contributed by atoms with E-state index in [1.54, 1.807) is 16.9 Å². The number of pyridine rings is 1. The summed E-state index contributed by atoms with van der Waals surface area (Å²) in [6.45, 7) is 2.03. The number of aromatic nitrogens is 3. The maximum absolute atomic E-state index is 6.35. The minimum Gasteiger partial charge on any atom is -0.271 e. The Bertz CT molecular complexity index is 579. The van der Waals surface area contributed by atoms with Crippen LogP contribution in [0.3, 0.4) is 0 Å². The summed E-state index contributed by atoms with van der Waals surface area (Å²) in [4.78, 5) is 4.28. The Balaban J connectivity index is 2.26. The summed E-state index contributed by atoms with van der Waals surface area (Å²) in [6, 6.07) is 3.49. The Morgan fingerprint density at radius 2 is 2.15 bits per heavy atom. The van der Waals surface area contributed by atoms with Crippen molar-refractivity contribution in [1.29, 1.82) is 0 Å². The summed E-state index contributed by atoms with van der Waals surface area (Å²) in [7, 11) is 1.88. The number of hydrogen-bond acceptors (Lipinski definition) is 4. The van der Waals surface area contributed by atoms with E-state index in [1.807, 2.05) is 20.0 Å². The van der Waals surface area contributed by atoms with Gasteiger partial charge in [-0.15, -0.1) is 0 Å². The monoisotopic (exact) mass is 313 g/mol. The number of nitrogens with zero attached hydrogens (tertiary/aromatic N) is 3. The van der Waals surface area contributed by atoms with Crippen molar-refractivity contribution in [2.45, 2.75) is 25.8 Å². The van der Waals surface area contributed by atoms with Crippen molar-refractivity contribution in [3.8, 4) is 0 Å². The topological polar surface area (TPSA) is 68.8 Å². The van der Waals surface area contributed by atoms with Crippen molar-refractivity contribution in [1.82, 2.24) is 20.2 Å². The fraction of sp³-hybridized carbons (Fsp3) is 0.385. The van der Waals surface area contributed by atoms with Gasteiger partial charge in [-0.05, 0) is 18.6 Å². The Morgan fingerprint density at radius 3 is 2.65 bits per heavy atom. The second-order valence-corrected chi connectivity index (χ2v) is 5.32. The van der Waals surface area contributed by atoms with Crippen LogP contribution in [0, 0.1) is 0 Å². The molecule has 2 heterocycles. The molecule has 0 aliphatic heterocycles. The fourth-order valence-electron chi connectivity index (χ4n) is 2.08. The molecule has 3 N–H and O–H groups in total. The zero-order valence-corrected chi connectivity index (χ0v) is 12.9. The number of rotatable bonds is 5. The van der Waals surface area contributed by atoms with Crippen molar-refractivity contribution in [3.05, 3.63) is 45.5 Å². The molecule has 7 heteroatoms. The third kappa shape index (κ3) is 3.12. The number of halogens is 2. The molecule has 0 spiro atoms. The van der Waals surface area contributed by atoms with Gasteiger partial charge in [0.05, 0.1) is 33.2 Å². The predicted molar refractivity (Wildman–Crippen MR) is 80.6 cm³/mol. The van der Waals surface area contributed by atoms with Crippen molar-refractivity contribution < 1.29 is 0 Å². The molecular weight excluding hydrogens is 297 g/mol. The van der Waals surface area contributed by atoms with Gasteiger partial charge < -0.3 is 0 Å². The first kappa shape index (κ1) is 15.3. The maximum Gasteiger partial charge on any atom is 0.0850 e. The van der Waals surface area contributed by atoms with E-state index >= 15 is 0 Å². The van der Waals surface area contributed by atoms with Crippen molar-refractivity contribution >= 4 is 23.2 Å². The first-order chi connectivity index (χ1) is 9.56. The van der Waals surface area contributed by atoms with E-state index < -0.39 is 0 Å². The van der Waals surface area contributed by atoms with Gasteiger partial charge in [-0.2, -0.15) is 5.10 Å². The van der Waals surface area contributed by atoms with Gasteiger partial charge in [0.1, 0.15) is 0 Å². The van der Waals surface area contributed by atoms with E-state index in [2.05, 4.69) is 15.5 Å². The summed E-state index contributed by atoms with van der Waals surface area (Å²) < 4.78 is 1.79. The van der Waals surface area contributed by atoms with Gasteiger partial charge in [0.25, 0.3) is 0 Å². The molecule has 0 aliphatic rings. The highest BCUT2D eigenvalue weighted by molar-refractivity contribution is 6.32. The second-order valence-electron chi connectivity index (χ2n) is 4.51. The first-order valence-electron chi connectivity index (χ1n) is 6.34. The van der Waals surface area contributed by atoms with Crippen LogP contribution >= 0.6 is 23.2 Å². The van der Waals surface area contributed by atoms with E-state index in [0.29, 0.717) is 16.5 Å². The molecule has 2 aromatic rings. The van der Waals surface area contributed by atoms with Crippen LogP contribution in [0.25, 0.3) is 0 Å². The minimum absolute atomic E-state index is 0.148. The summed E-state index contributed by atoms with van der Waals surface area (Å²) in [6.07, 6.45) is 3.00. The Morgan fingerprint density at radius 1 is 1.40 bits per heavy atom. The van der Waals surface area contributed by atoms with Crippen molar-refractivity contribution in [3.63, 3.8) is 0 Å². The normalized spacial score (nSPS) is 12.7. The molecule has 2 rings (SSSR count). The van der Waals surface area contributed by atoms with E-state index in [-0.39, 0.29) is 6.04 Å². The number of nitrogens with two attached hydrogens (primary N) is 1. The molecule has 0 saturated carbocycles.